The Kier molecular flexibility index (Phi) is 12.4. The standard InChI is InChI=1S/C34H59N7O7S/c1-12-16-35-29(44)26(42)21(2)36-28(43)25-24-22(34(24,9)10)19-41(25)30(45)27(33(6,7)8)38-31(46)37-23(32(3,4)5)20-39(11)49(47,48)40-17-14-13-15-18-40/h12,21-25,27H,1,13-20H2,2-11H3,(H,35,44)(H,36,43)(H2,37,38,46)/t21?,22-,23+,24-,25-,27+/m0/s1. The van der Waals surface area contributed by atoms with Gasteiger partial charge in [0.15, 0.2) is 0 Å². The van der Waals surface area contributed by atoms with E-state index in [0.717, 1.165) is 19.3 Å². The normalized spacial score (nSPS) is 24.2. The minimum atomic E-state index is -3.72. The van der Waals surface area contributed by atoms with Crippen LogP contribution in [0.1, 0.15) is 81.6 Å². The first-order valence-corrected chi connectivity index (χ1v) is 18.7. The number of Topliss-reactive ketones (excluding diaryl/α,β-unsaturated/α-hetero) is 1. The number of urea groups is 1. The van der Waals surface area contributed by atoms with Crippen molar-refractivity contribution < 1.29 is 32.4 Å². The molecule has 0 radical (unpaired) electrons. The Bertz CT molecular complexity index is 1400. The molecule has 0 spiro atoms. The zero-order chi connectivity index (χ0) is 37.3. The van der Waals surface area contributed by atoms with Crippen LogP contribution in [-0.4, -0.2) is 115 Å². The summed E-state index contributed by atoms with van der Waals surface area (Å²) in [7, 11) is -2.21. The van der Waals surface area contributed by atoms with Crippen LogP contribution in [0.25, 0.3) is 0 Å². The number of nitrogens with one attached hydrogen (secondary N) is 4. The van der Waals surface area contributed by atoms with Crippen molar-refractivity contribution in [1.29, 1.82) is 0 Å². The van der Waals surface area contributed by atoms with Gasteiger partial charge in [0.2, 0.25) is 17.6 Å². The minimum Gasteiger partial charge on any atom is -0.346 e. The van der Waals surface area contributed by atoms with Crippen LogP contribution in [0.2, 0.25) is 0 Å². The van der Waals surface area contributed by atoms with E-state index in [2.05, 4.69) is 27.8 Å². The number of amides is 5. The molecular weight excluding hydrogens is 650 g/mol. The van der Waals surface area contributed by atoms with Gasteiger partial charge in [-0.3, -0.25) is 19.2 Å². The number of likely N-dealkylation sites (N-methyl/N-ethyl adjacent to an activating group) is 1. The van der Waals surface area contributed by atoms with Crippen molar-refractivity contribution in [3.8, 4) is 0 Å². The number of fused-ring (bicyclic) bond motifs is 1. The first kappa shape index (κ1) is 40.4. The number of carbonyl (C=O) groups excluding carboxylic acids is 5. The van der Waals surface area contributed by atoms with Crippen molar-refractivity contribution in [2.24, 2.45) is 28.1 Å². The van der Waals surface area contributed by atoms with Crippen LogP contribution in [0.5, 0.6) is 0 Å². The molecule has 49 heavy (non-hydrogen) atoms. The summed E-state index contributed by atoms with van der Waals surface area (Å²) >= 11 is 0. The Balaban J connectivity index is 1.77. The molecule has 1 aliphatic carbocycles. The highest BCUT2D eigenvalue weighted by molar-refractivity contribution is 7.86. The smallest absolute Gasteiger partial charge is 0.315 e. The second kappa shape index (κ2) is 15.1. The number of ketones is 1. The molecule has 3 aliphatic rings. The molecule has 0 aromatic carbocycles. The molecule has 1 unspecified atom stereocenters. The number of likely N-dealkylation sites (tertiary alicyclic amines) is 1. The Hall–Kier alpha value is -3.04. The van der Waals surface area contributed by atoms with E-state index in [-0.39, 0.29) is 30.3 Å². The summed E-state index contributed by atoms with van der Waals surface area (Å²) in [6.07, 6.45) is 4.04. The van der Waals surface area contributed by atoms with Gasteiger partial charge in [0, 0.05) is 45.8 Å². The SMILES string of the molecule is C=CCNC(=O)C(=O)C(C)NC(=O)[C@@H]1[C@@H]2[C@H](CN1C(=O)[C@@H](NC(=O)N[C@H](CN(C)S(=O)(=O)N1CCCCC1)C(C)(C)C)C(C)(C)C)C2(C)C. The van der Waals surface area contributed by atoms with Gasteiger partial charge < -0.3 is 26.2 Å². The van der Waals surface area contributed by atoms with Crippen molar-refractivity contribution in [2.45, 2.75) is 106 Å². The molecule has 14 nitrogen and oxygen atoms in total. The molecule has 6 atom stereocenters. The van der Waals surface area contributed by atoms with E-state index in [1.54, 1.807) is 0 Å². The van der Waals surface area contributed by atoms with Crippen LogP contribution < -0.4 is 21.3 Å². The number of rotatable bonds is 13. The summed E-state index contributed by atoms with van der Waals surface area (Å²) in [5.74, 6) is -2.75. The number of hydrogen-bond donors (Lipinski definition) is 4. The third kappa shape index (κ3) is 9.20. The molecule has 5 amide bonds. The Morgan fingerprint density at radius 1 is 0.959 bits per heavy atom. The average molecular weight is 710 g/mol. The van der Waals surface area contributed by atoms with E-state index < -0.39 is 74.7 Å². The second-order valence-electron chi connectivity index (χ2n) is 16.6. The number of nitrogens with zero attached hydrogens (tertiary/aromatic N) is 3. The van der Waals surface area contributed by atoms with E-state index in [4.69, 9.17) is 0 Å². The van der Waals surface area contributed by atoms with E-state index in [0.29, 0.717) is 19.6 Å². The maximum atomic E-state index is 14.3. The summed E-state index contributed by atoms with van der Waals surface area (Å²) in [6.45, 7) is 21.5. The van der Waals surface area contributed by atoms with E-state index in [9.17, 15) is 32.4 Å². The minimum absolute atomic E-state index is 0.0270. The lowest BCUT2D eigenvalue weighted by molar-refractivity contribution is -0.145. The zero-order valence-corrected chi connectivity index (χ0v) is 31.8. The van der Waals surface area contributed by atoms with Gasteiger partial charge in [0.05, 0.1) is 6.04 Å². The number of hydrogen-bond acceptors (Lipinski definition) is 7. The van der Waals surface area contributed by atoms with Gasteiger partial charge in [-0.1, -0.05) is 67.9 Å². The van der Waals surface area contributed by atoms with Gasteiger partial charge in [0.25, 0.3) is 16.1 Å². The maximum Gasteiger partial charge on any atom is 0.315 e. The molecule has 2 aliphatic heterocycles. The van der Waals surface area contributed by atoms with Crippen LogP contribution in [0.4, 0.5) is 4.79 Å². The summed E-state index contributed by atoms with van der Waals surface area (Å²) in [4.78, 5) is 68.0. The van der Waals surface area contributed by atoms with Gasteiger partial charge in [0.1, 0.15) is 12.1 Å². The average Bonchev–Trinajstić information content (AvgIpc) is 3.32. The van der Waals surface area contributed by atoms with Crippen LogP contribution in [0, 0.1) is 28.1 Å². The molecule has 278 valence electrons. The predicted octanol–water partition coefficient (Wildman–Crippen LogP) is 1.64. The summed E-state index contributed by atoms with van der Waals surface area (Å²) in [5, 5.41) is 10.8. The number of carbonyl (C=O) groups is 5. The van der Waals surface area contributed by atoms with Gasteiger partial charge >= 0.3 is 6.03 Å². The molecule has 1 saturated carbocycles. The summed E-state index contributed by atoms with van der Waals surface area (Å²) < 4.78 is 29.4. The molecule has 0 aromatic heterocycles. The van der Waals surface area contributed by atoms with E-state index >= 15 is 0 Å². The van der Waals surface area contributed by atoms with Crippen molar-refractivity contribution in [1.82, 2.24) is 34.8 Å². The predicted molar refractivity (Wildman–Crippen MR) is 187 cm³/mol. The van der Waals surface area contributed by atoms with E-state index in [1.807, 2.05) is 55.4 Å². The van der Waals surface area contributed by atoms with Crippen molar-refractivity contribution in [3.63, 3.8) is 0 Å². The lowest BCUT2D eigenvalue weighted by atomic mass is 9.85. The lowest BCUT2D eigenvalue weighted by Gasteiger charge is -2.39. The largest absolute Gasteiger partial charge is 0.346 e. The third-order valence-electron chi connectivity index (χ3n) is 10.4. The first-order chi connectivity index (χ1) is 22.5. The Labute approximate surface area is 292 Å². The highest BCUT2D eigenvalue weighted by Gasteiger charge is 2.69. The summed E-state index contributed by atoms with van der Waals surface area (Å²) in [5.41, 5.74) is -1.52. The van der Waals surface area contributed by atoms with Gasteiger partial charge in [-0.05, 0) is 47.8 Å². The quantitative estimate of drug-likeness (QED) is 0.166. The monoisotopic (exact) mass is 709 g/mol. The van der Waals surface area contributed by atoms with Gasteiger partial charge in [-0.25, -0.2) is 4.79 Å². The van der Waals surface area contributed by atoms with Crippen LogP contribution in [0.15, 0.2) is 12.7 Å². The lowest BCUT2D eigenvalue weighted by Crippen LogP contribution is -2.62. The molecule has 0 aromatic rings. The highest BCUT2D eigenvalue weighted by atomic mass is 32.2. The van der Waals surface area contributed by atoms with Crippen molar-refractivity contribution in [3.05, 3.63) is 12.7 Å². The zero-order valence-electron chi connectivity index (χ0n) is 31.0. The Morgan fingerprint density at radius 3 is 2.08 bits per heavy atom. The molecule has 3 fully saturated rings. The topological polar surface area (TPSA) is 177 Å². The fourth-order valence-electron chi connectivity index (χ4n) is 6.95. The molecule has 0 bridgehead atoms. The second-order valence-corrected chi connectivity index (χ2v) is 18.6. The first-order valence-electron chi connectivity index (χ1n) is 17.3. The van der Waals surface area contributed by atoms with Crippen LogP contribution >= 0.6 is 0 Å². The summed E-state index contributed by atoms with van der Waals surface area (Å²) in [6, 6.07) is -4.29. The van der Waals surface area contributed by atoms with E-state index in [1.165, 1.54) is 33.6 Å². The molecule has 2 saturated heterocycles. The van der Waals surface area contributed by atoms with Crippen molar-refractivity contribution >= 4 is 39.7 Å². The van der Waals surface area contributed by atoms with Crippen LogP contribution in [-0.2, 0) is 29.4 Å². The fraction of sp³-hybridized carbons (Fsp3) is 0.794. The fourth-order valence-corrected chi connectivity index (χ4v) is 8.40. The van der Waals surface area contributed by atoms with Gasteiger partial charge in [-0.2, -0.15) is 17.0 Å². The highest BCUT2D eigenvalue weighted by Crippen LogP contribution is 2.65. The third-order valence-corrected chi connectivity index (χ3v) is 12.3. The molecular formula is C34H59N7O7S. The molecule has 15 heteroatoms. The molecule has 4 N–H and O–H groups in total. The number of piperidine rings is 2. The Morgan fingerprint density at radius 2 is 1.55 bits per heavy atom. The molecule has 3 rings (SSSR count). The van der Waals surface area contributed by atoms with Gasteiger partial charge in [-0.15, -0.1) is 6.58 Å². The molecule has 2 heterocycles. The van der Waals surface area contributed by atoms with Crippen LogP contribution in [0.3, 0.4) is 0 Å². The van der Waals surface area contributed by atoms with Crippen molar-refractivity contribution in [2.75, 3.05) is 39.8 Å². The maximum absolute atomic E-state index is 14.3.